The number of benzene rings is 1. The molecule has 0 fully saturated rings. The van der Waals surface area contributed by atoms with Gasteiger partial charge in [0.2, 0.25) is 0 Å². The van der Waals surface area contributed by atoms with Crippen LogP contribution >= 0.6 is 0 Å². The molecule has 15 heavy (non-hydrogen) atoms. The number of aryl methyl sites for hydroxylation is 2. The van der Waals surface area contributed by atoms with E-state index in [2.05, 4.69) is 54.0 Å². The summed E-state index contributed by atoms with van der Waals surface area (Å²) >= 11 is 0. The molecular weight excluding hydrogens is 184 g/mol. The van der Waals surface area contributed by atoms with Crippen molar-refractivity contribution in [2.24, 2.45) is 0 Å². The Morgan fingerprint density at radius 1 is 1.13 bits per heavy atom. The van der Waals surface area contributed by atoms with Gasteiger partial charge in [-0.3, -0.25) is 4.68 Å². The second kappa shape index (κ2) is 4.30. The molecule has 0 atom stereocenters. The van der Waals surface area contributed by atoms with Crippen LogP contribution in [0.4, 0.5) is 0 Å². The second-order valence-corrected chi connectivity index (χ2v) is 3.82. The summed E-state index contributed by atoms with van der Waals surface area (Å²) in [4.78, 5) is 0. The monoisotopic (exact) mass is 200 g/mol. The summed E-state index contributed by atoms with van der Waals surface area (Å²) in [5, 5.41) is 4.32. The Bertz CT molecular complexity index is 426. The first-order valence-corrected chi connectivity index (χ1v) is 5.36. The van der Waals surface area contributed by atoms with E-state index in [0.29, 0.717) is 0 Å². The smallest absolute Gasteiger partial charge is 0.0662 e. The molecule has 0 radical (unpaired) electrons. The topological polar surface area (TPSA) is 17.8 Å². The molecule has 2 rings (SSSR count). The van der Waals surface area contributed by atoms with E-state index in [-0.39, 0.29) is 0 Å². The van der Waals surface area contributed by atoms with Crippen LogP contribution < -0.4 is 0 Å². The maximum Gasteiger partial charge on any atom is 0.0662 e. The lowest BCUT2D eigenvalue weighted by atomic mass is 10.1. The van der Waals surface area contributed by atoms with E-state index in [1.54, 1.807) is 0 Å². The van der Waals surface area contributed by atoms with Crippen molar-refractivity contribution in [1.29, 1.82) is 0 Å². The van der Waals surface area contributed by atoms with E-state index < -0.39 is 0 Å². The van der Waals surface area contributed by atoms with Gasteiger partial charge in [-0.25, -0.2) is 0 Å². The lowest BCUT2D eigenvalue weighted by molar-refractivity contribution is 0.649. The molecule has 1 aromatic heterocycles. The zero-order valence-electron chi connectivity index (χ0n) is 9.27. The summed E-state index contributed by atoms with van der Waals surface area (Å²) in [6, 6.07) is 10.7. The van der Waals surface area contributed by atoms with E-state index in [9.17, 15) is 0 Å². The fourth-order valence-corrected chi connectivity index (χ4v) is 1.67. The molecular formula is C13H16N2. The number of hydrogen-bond donors (Lipinski definition) is 0. The highest BCUT2D eigenvalue weighted by Crippen LogP contribution is 2.07. The Hall–Kier alpha value is -1.57. The van der Waals surface area contributed by atoms with Gasteiger partial charge in [0.1, 0.15) is 0 Å². The third kappa shape index (κ3) is 2.27. The number of rotatable bonds is 3. The van der Waals surface area contributed by atoms with Crippen molar-refractivity contribution in [3.63, 3.8) is 0 Å². The predicted molar refractivity (Wildman–Crippen MR) is 61.9 cm³/mol. The molecule has 0 unspecified atom stereocenters. The van der Waals surface area contributed by atoms with Crippen molar-refractivity contribution >= 4 is 0 Å². The number of hydrogen-bond acceptors (Lipinski definition) is 1. The standard InChI is InChI=1S/C13H16N2/c1-3-13-8-9-14-15(13)10-12-6-4-11(2)5-7-12/h4-9H,3,10H2,1-2H3. The van der Waals surface area contributed by atoms with Crippen molar-refractivity contribution < 1.29 is 0 Å². The first-order valence-electron chi connectivity index (χ1n) is 5.36. The minimum atomic E-state index is 0.871. The average Bonchev–Trinajstić information content (AvgIpc) is 2.69. The van der Waals surface area contributed by atoms with Crippen LogP contribution in [0.1, 0.15) is 23.7 Å². The van der Waals surface area contributed by atoms with Crippen molar-refractivity contribution in [1.82, 2.24) is 9.78 Å². The van der Waals surface area contributed by atoms with Gasteiger partial charge in [-0.2, -0.15) is 5.10 Å². The third-order valence-corrected chi connectivity index (χ3v) is 2.62. The second-order valence-electron chi connectivity index (χ2n) is 3.82. The van der Waals surface area contributed by atoms with Crippen LogP contribution in [0.3, 0.4) is 0 Å². The van der Waals surface area contributed by atoms with Gasteiger partial charge in [-0.15, -0.1) is 0 Å². The Labute approximate surface area is 90.6 Å². The molecule has 0 N–H and O–H groups in total. The van der Waals surface area contributed by atoms with Crippen LogP contribution in [-0.2, 0) is 13.0 Å². The van der Waals surface area contributed by atoms with Gasteiger partial charge in [-0.05, 0) is 25.0 Å². The minimum absolute atomic E-state index is 0.871. The summed E-state index contributed by atoms with van der Waals surface area (Å²) in [5.74, 6) is 0. The normalized spacial score (nSPS) is 10.5. The predicted octanol–water partition coefficient (Wildman–Crippen LogP) is 2.80. The lowest BCUT2D eigenvalue weighted by Crippen LogP contribution is -2.05. The molecule has 0 saturated carbocycles. The zero-order chi connectivity index (χ0) is 10.7. The number of aromatic nitrogens is 2. The number of nitrogens with zero attached hydrogens (tertiary/aromatic N) is 2. The minimum Gasteiger partial charge on any atom is -0.265 e. The van der Waals surface area contributed by atoms with Gasteiger partial charge in [0.25, 0.3) is 0 Å². The lowest BCUT2D eigenvalue weighted by Gasteiger charge is -2.06. The average molecular weight is 200 g/mol. The van der Waals surface area contributed by atoms with Gasteiger partial charge >= 0.3 is 0 Å². The highest BCUT2D eigenvalue weighted by molar-refractivity contribution is 5.21. The molecule has 1 aromatic carbocycles. The van der Waals surface area contributed by atoms with E-state index in [1.165, 1.54) is 16.8 Å². The Morgan fingerprint density at radius 3 is 2.53 bits per heavy atom. The quantitative estimate of drug-likeness (QED) is 0.745. The van der Waals surface area contributed by atoms with E-state index in [1.807, 2.05) is 6.20 Å². The first kappa shape index (κ1) is 9.97. The van der Waals surface area contributed by atoms with Crippen LogP contribution in [0, 0.1) is 6.92 Å². The fourth-order valence-electron chi connectivity index (χ4n) is 1.67. The van der Waals surface area contributed by atoms with Crippen LogP contribution in [0.5, 0.6) is 0 Å². The Kier molecular flexibility index (Phi) is 2.86. The molecule has 0 spiro atoms. The van der Waals surface area contributed by atoms with Gasteiger partial charge in [0.15, 0.2) is 0 Å². The highest BCUT2D eigenvalue weighted by atomic mass is 15.3. The van der Waals surface area contributed by atoms with Gasteiger partial charge in [0.05, 0.1) is 6.54 Å². The van der Waals surface area contributed by atoms with E-state index in [4.69, 9.17) is 0 Å². The summed E-state index contributed by atoms with van der Waals surface area (Å²) in [7, 11) is 0. The van der Waals surface area contributed by atoms with Crippen molar-refractivity contribution in [3.05, 3.63) is 53.3 Å². The van der Waals surface area contributed by atoms with Gasteiger partial charge < -0.3 is 0 Å². The SMILES string of the molecule is CCc1ccnn1Cc1ccc(C)cc1. The largest absolute Gasteiger partial charge is 0.265 e. The summed E-state index contributed by atoms with van der Waals surface area (Å²) < 4.78 is 2.06. The molecule has 0 saturated heterocycles. The molecule has 0 aliphatic heterocycles. The third-order valence-electron chi connectivity index (χ3n) is 2.62. The Balaban J connectivity index is 2.18. The molecule has 2 heteroatoms. The van der Waals surface area contributed by atoms with E-state index in [0.717, 1.165) is 13.0 Å². The summed E-state index contributed by atoms with van der Waals surface area (Å²) in [6.07, 6.45) is 2.90. The van der Waals surface area contributed by atoms with Crippen molar-refractivity contribution in [3.8, 4) is 0 Å². The first-order chi connectivity index (χ1) is 7.29. The highest BCUT2D eigenvalue weighted by Gasteiger charge is 2.00. The maximum absolute atomic E-state index is 4.32. The van der Waals surface area contributed by atoms with Crippen LogP contribution in [0.25, 0.3) is 0 Å². The zero-order valence-corrected chi connectivity index (χ0v) is 9.27. The fraction of sp³-hybridized carbons (Fsp3) is 0.308. The van der Waals surface area contributed by atoms with Gasteiger partial charge in [0, 0.05) is 11.9 Å². The molecule has 0 aliphatic rings. The molecule has 2 aromatic rings. The van der Waals surface area contributed by atoms with Crippen LogP contribution in [-0.4, -0.2) is 9.78 Å². The summed E-state index contributed by atoms with van der Waals surface area (Å²) in [5.41, 5.74) is 3.89. The maximum atomic E-state index is 4.32. The van der Waals surface area contributed by atoms with E-state index >= 15 is 0 Å². The Morgan fingerprint density at radius 2 is 1.87 bits per heavy atom. The molecule has 0 amide bonds. The van der Waals surface area contributed by atoms with Crippen molar-refractivity contribution in [2.45, 2.75) is 26.8 Å². The molecule has 0 aliphatic carbocycles. The van der Waals surface area contributed by atoms with Crippen molar-refractivity contribution in [2.75, 3.05) is 0 Å². The molecule has 1 heterocycles. The van der Waals surface area contributed by atoms with Gasteiger partial charge in [-0.1, -0.05) is 36.8 Å². The molecule has 2 nitrogen and oxygen atoms in total. The van der Waals surface area contributed by atoms with Crippen LogP contribution in [0.2, 0.25) is 0 Å². The summed E-state index contributed by atoms with van der Waals surface area (Å²) in [6.45, 7) is 5.13. The molecule has 0 bridgehead atoms. The van der Waals surface area contributed by atoms with Crippen LogP contribution in [0.15, 0.2) is 36.5 Å². The molecule has 78 valence electrons.